The molecule has 0 rings (SSSR count). The quantitative estimate of drug-likeness (QED) is 0.337. The molecule has 58 valence electrons. The molecule has 0 radical (unpaired) electrons. The van der Waals surface area contributed by atoms with Gasteiger partial charge in [-0.05, 0) is 10.9 Å². The van der Waals surface area contributed by atoms with Crippen LogP contribution >= 0.6 is 0 Å². The molecule has 0 bridgehead atoms. The van der Waals surface area contributed by atoms with Crippen LogP contribution in [-0.2, 0) is 4.74 Å². The third kappa shape index (κ3) is 4.18. The van der Waals surface area contributed by atoms with Gasteiger partial charge in [-0.2, -0.15) is 0 Å². The van der Waals surface area contributed by atoms with Crippen LogP contribution < -0.4 is 0 Å². The average Bonchev–Trinajstić information content (AvgIpc) is 1.84. The van der Waals surface area contributed by atoms with Crippen molar-refractivity contribution >= 4 is 0 Å². The van der Waals surface area contributed by atoms with Gasteiger partial charge in [0.05, 0.1) is 6.61 Å². The summed E-state index contributed by atoms with van der Waals surface area (Å²) in [6, 6.07) is 0. The molecule has 0 spiro atoms. The first-order valence-corrected chi connectivity index (χ1v) is 3.12. The van der Waals surface area contributed by atoms with Crippen molar-refractivity contribution in [1.82, 2.24) is 0 Å². The van der Waals surface area contributed by atoms with Crippen LogP contribution in [0.5, 0.6) is 0 Å². The summed E-state index contributed by atoms with van der Waals surface area (Å²) < 4.78 is 4.92. The lowest BCUT2D eigenvalue weighted by molar-refractivity contribution is 0.110. The molecule has 0 aromatic carbocycles. The van der Waals surface area contributed by atoms with Crippen LogP contribution in [0, 0.1) is 5.41 Å². The number of nitrogens with zero attached hydrogens (tertiary/aromatic N) is 3. The van der Waals surface area contributed by atoms with Gasteiger partial charge in [-0.3, -0.25) is 0 Å². The van der Waals surface area contributed by atoms with E-state index in [1.54, 1.807) is 7.11 Å². The van der Waals surface area contributed by atoms with Crippen LogP contribution in [0.4, 0.5) is 0 Å². The second-order valence-corrected chi connectivity index (χ2v) is 2.99. The lowest BCUT2D eigenvalue weighted by Gasteiger charge is -2.19. The molecule has 4 nitrogen and oxygen atoms in total. The Balaban J connectivity index is 3.73. The summed E-state index contributed by atoms with van der Waals surface area (Å²) in [6.07, 6.45) is 0. The molecule has 0 N–H and O–H groups in total. The number of hydrogen-bond acceptors (Lipinski definition) is 2. The second-order valence-electron chi connectivity index (χ2n) is 2.99. The van der Waals surface area contributed by atoms with E-state index in [0.717, 1.165) is 0 Å². The maximum Gasteiger partial charge on any atom is 0.0514 e. The predicted octanol–water partition coefficient (Wildman–Crippen LogP) is 1.97. The van der Waals surface area contributed by atoms with Gasteiger partial charge in [0, 0.05) is 18.6 Å². The van der Waals surface area contributed by atoms with Crippen LogP contribution in [-0.4, -0.2) is 20.3 Å². The average molecular weight is 143 g/mol. The number of azide groups is 1. The molecule has 10 heavy (non-hydrogen) atoms. The van der Waals surface area contributed by atoms with E-state index < -0.39 is 0 Å². The molecule has 0 aliphatic carbocycles. The van der Waals surface area contributed by atoms with Crippen molar-refractivity contribution < 1.29 is 4.74 Å². The summed E-state index contributed by atoms with van der Waals surface area (Å²) in [5, 5.41) is 3.46. The molecule has 0 unspecified atom stereocenters. The van der Waals surface area contributed by atoms with Gasteiger partial charge >= 0.3 is 0 Å². The van der Waals surface area contributed by atoms with Gasteiger partial charge in [0.15, 0.2) is 0 Å². The highest BCUT2D eigenvalue weighted by Crippen LogP contribution is 2.14. The largest absolute Gasteiger partial charge is 0.384 e. The zero-order valence-corrected chi connectivity index (χ0v) is 6.66. The third-order valence-corrected chi connectivity index (χ3v) is 1.10. The molecule has 0 fully saturated rings. The molecule has 0 aliphatic heterocycles. The molecule has 0 aromatic rings. The Labute approximate surface area is 60.8 Å². The molecule has 0 atom stereocenters. The lowest BCUT2D eigenvalue weighted by atomic mass is 9.95. The highest BCUT2D eigenvalue weighted by molar-refractivity contribution is 4.70. The minimum Gasteiger partial charge on any atom is -0.384 e. The molecular weight excluding hydrogens is 130 g/mol. The Kier molecular flexibility index (Phi) is 3.84. The summed E-state index contributed by atoms with van der Waals surface area (Å²) in [5.74, 6) is 0. The fraction of sp³-hybridized carbons (Fsp3) is 1.00. The molecule has 4 heteroatoms. The molecule has 0 saturated heterocycles. The topological polar surface area (TPSA) is 58.0 Å². The van der Waals surface area contributed by atoms with E-state index in [2.05, 4.69) is 10.0 Å². The molecular formula is C6H13N3O. The van der Waals surface area contributed by atoms with Crippen molar-refractivity contribution in [3.8, 4) is 0 Å². The van der Waals surface area contributed by atoms with E-state index >= 15 is 0 Å². The van der Waals surface area contributed by atoms with Gasteiger partial charge in [-0.15, -0.1) is 0 Å². The molecule has 0 aliphatic rings. The Morgan fingerprint density at radius 2 is 2.20 bits per heavy atom. The van der Waals surface area contributed by atoms with Gasteiger partial charge in [-0.1, -0.05) is 19.0 Å². The highest BCUT2D eigenvalue weighted by atomic mass is 16.5. The normalized spacial score (nSPS) is 10.7. The van der Waals surface area contributed by atoms with E-state index in [9.17, 15) is 0 Å². The van der Waals surface area contributed by atoms with Crippen molar-refractivity contribution in [2.75, 3.05) is 20.3 Å². The Morgan fingerprint density at radius 3 is 2.60 bits per heavy atom. The van der Waals surface area contributed by atoms with E-state index in [-0.39, 0.29) is 5.41 Å². The summed E-state index contributed by atoms with van der Waals surface area (Å²) in [4.78, 5) is 2.67. The van der Waals surface area contributed by atoms with Crippen LogP contribution in [0.25, 0.3) is 10.4 Å². The third-order valence-electron chi connectivity index (χ3n) is 1.10. The minimum absolute atomic E-state index is 0.0407. The van der Waals surface area contributed by atoms with E-state index in [1.807, 2.05) is 13.8 Å². The van der Waals surface area contributed by atoms with Crippen LogP contribution in [0.15, 0.2) is 5.11 Å². The van der Waals surface area contributed by atoms with E-state index in [0.29, 0.717) is 13.2 Å². The maximum atomic E-state index is 8.02. The second kappa shape index (κ2) is 4.14. The van der Waals surface area contributed by atoms with E-state index in [1.165, 1.54) is 0 Å². The lowest BCUT2D eigenvalue weighted by Crippen LogP contribution is -2.21. The Morgan fingerprint density at radius 1 is 1.60 bits per heavy atom. The van der Waals surface area contributed by atoms with Gasteiger partial charge in [0.1, 0.15) is 0 Å². The van der Waals surface area contributed by atoms with Crippen molar-refractivity contribution in [2.45, 2.75) is 13.8 Å². The summed E-state index contributed by atoms with van der Waals surface area (Å²) in [6.45, 7) is 5.08. The first kappa shape index (κ1) is 9.27. The van der Waals surface area contributed by atoms with Crippen molar-refractivity contribution in [3.05, 3.63) is 10.4 Å². The maximum absolute atomic E-state index is 8.02. The molecule has 0 heterocycles. The zero-order chi connectivity index (χ0) is 8.04. The zero-order valence-electron chi connectivity index (χ0n) is 6.66. The highest BCUT2D eigenvalue weighted by Gasteiger charge is 2.15. The number of ether oxygens (including phenoxy) is 1. The minimum atomic E-state index is -0.0407. The van der Waals surface area contributed by atoms with Gasteiger partial charge < -0.3 is 4.74 Å². The van der Waals surface area contributed by atoms with Crippen molar-refractivity contribution in [2.24, 2.45) is 10.5 Å². The fourth-order valence-corrected chi connectivity index (χ4v) is 0.659. The smallest absolute Gasteiger partial charge is 0.0514 e. The standard InChI is InChI=1S/C6H13N3O/c1-6(2,5-10-3)4-8-9-7/h4-5H2,1-3H3. The van der Waals surface area contributed by atoms with Gasteiger partial charge in [0.2, 0.25) is 0 Å². The van der Waals surface area contributed by atoms with Crippen LogP contribution in [0.1, 0.15) is 13.8 Å². The molecule has 0 amide bonds. The Hall–Kier alpha value is -0.730. The summed E-state index contributed by atoms with van der Waals surface area (Å²) >= 11 is 0. The van der Waals surface area contributed by atoms with Gasteiger partial charge in [0.25, 0.3) is 0 Å². The first-order chi connectivity index (χ1) is 4.62. The summed E-state index contributed by atoms with van der Waals surface area (Å²) in [7, 11) is 1.64. The predicted molar refractivity (Wildman–Crippen MR) is 39.7 cm³/mol. The number of rotatable bonds is 4. The fourth-order valence-electron chi connectivity index (χ4n) is 0.659. The Bertz CT molecular complexity index is 138. The van der Waals surface area contributed by atoms with Crippen LogP contribution in [0.3, 0.4) is 0 Å². The summed E-state index contributed by atoms with van der Waals surface area (Å²) in [5.41, 5.74) is 7.97. The van der Waals surface area contributed by atoms with Crippen molar-refractivity contribution in [3.63, 3.8) is 0 Å². The van der Waals surface area contributed by atoms with Gasteiger partial charge in [-0.25, -0.2) is 0 Å². The number of methoxy groups -OCH3 is 1. The monoisotopic (exact) mass is 143 g/mol. The first-order valence-electron chi connectivity index (χ1n) is 3.12. The van der Waals surface area contributed by atoms with Crippen LogP contribution in [0.2, 0.25) is 0 Å². The SMILES string of the molecule is COCC(C)(C)CN=[N+]=[N-]. The molecule has 0 saturated carbocycles. The molecule has 0 aromatic heterocycles. The van der Waals surface area contributed by atoms with E-state index in [4.69, 9.17) is 10.3 Å². The van der Waals surface area contributed by atoms with Crippen molar-refractivity contribution in [1.29, 1.82) is 0 Å². The number of hydrogen-bond donors (Lipinski definition) is 0.